The third kappa shape index (κ3) is 2.00. The van der Waals surface area contributed by atoms with E-state index >= 15 is 0 Å². The standard InChI is InChI=1S/C18H25BrO2/c1-16(2)13-7-8-17(3,11-13)18(16,20)10-12-9-14(19)5-6-15(12)21-4/h5-6,9,13,20H,7-8,10-11H2,1-4H3. The van der Waals surface area contributed by atoms with E-state index in [1.165, 1.54) is 6.42 Å². The molecule has 21 heavy (non-hydrogen) atoms. The number of aliphatic hydroxyl groups is 1. The van der Waals surface area contributed by atoms with Gasteiger partial charge in [0.1, 0.15) is 5.75 Å². The summed E-state index contributed by atoms with van der Waals surface area (Å²) >= 11 is 3.54. The van der Waals surface area contributed by atoms with Crippen LogP contribution >= 0.6 is 15.9 Å². The van der Waals surface area contributed by atoms with Gasteiger partial charge in [-0.2, -0.15) is 0 Å². The summed E-state index contributed by atoms with van der Waals surface area (Å²) in [5.41, 5.74) is 0.398. The molecule has 0 heterocycles. The van der Waals surface area contributed by atoms with Gasteiger partial charge in [-0.25, -0.2) is 0 Å². The van der Waals surface area contributed by atoms with Crippen molar-refractivity contribution in [1.82, 2.24) is 0 Å². The van der Waals surface area contributed by atoms with E-state index in [9.17, 15) is 5.11 Å². The minimum atomic E-state index is -0.670. The number of hydrogen-bond donors (Lipinski definition) is 1. The molecule has 2 nitrogen and oxygen atoms in total. The average molecular weight is 353 g/mol. The largest absolute Gasteiger partial charge is 0.496 e. The minimum Gasteiger partial charge on any atom is -0.496 e. The first-order valence-corrected chi connectivity index (χ1v) is 8.58. The molecule has 2 aliphatic carbocycles. The van der Waals surface area contributed by atoms with E-state index in [1.807, 2.05) is 12.1 Å². The molecule has 1 N–H and O–H groups in total. The van der Waals surface area contributed by atoms with Crippen LogP contribution in [0.2, 0.25) is 0 Å². The van der Waals surface area contributed by atoms with Crippen LogP contribution in [0.15, 0.2) is 22.7 Å². The molecule has 0 aromatic heterocycles. The second-order valence-corrected chi connectivity index (χ2v) is 8.63. The number of methoxy groups -OCH3 is 1. The Morgan fingerprint density at radius 2 is 2.05 bits per heavy atom. The Labute approximate surface area is 136 Å². The number of hydrogen-bond acceptors (Lipinski definition) is 2. The van der Waals surface area contributed by atoms with Gasteiger partial charge in [0.25, 0.3) is 0 Å². The normalized spacial score (nSPS) is 37.0. The average Bonchev–Trinajstić information content (AvgIpc) is 2.88. The van der Waals surface area contributed by atoms with Gasteiger partial charge >= 0.3 is 0 Å². The van der Waals surface area contributed by atoms with Gasteiger partial charge in [0.2, 0.25) is 0 Å². The predicted molar refractivity (Wildman–Crippen MR) is 88.6 cm³/mol. The molecule has 1 aromatic rings. The highest BCUT2D eigenvalue weighted by Gasteiger charge is 2.68. The van der Waals surface area contributed by atoms with E-state index in [0.29, 0.717) is 12.3 Å². The Bertz CT molecular complexity index is 562. The Morgan fingerprint density at radius 3 is 2.62 bits per heavy atom. The third-order valence-corrected chi connectivity index (χ3v) is 7.01. The number of benzene rings is 1. The van der Waals surface area contributed by atoms with E-state index in [-0.39, 0.29) is 10.8 Å². The summed E-state index contributed by atoms with van der Waals surface area (Å²) < 4.78 is 6.54. The first-order chi connectivity index (χ1) is 9.73. The Hall–Kier alpha value is -0.540. The van der Waals surface area contributed by atoms with Crippen LogP contribution in [0.4, 0.5) is 0 Å². The monoisotopic (exact) mass is 352 g/mol. The lowest BCUT2D eigenvalue weighted by atomic mass is 9.58. The van der Waals surface area contributed by atoms with Crippen LogP contribution < -0.4 is 4.74 Å². The van der Waals surface area contributed by atoms with E-state index in [2.05, 4.69) is 42.8 Å². The molecule has 2 aliphatic rings. The lowest BCUT2D eigenvalue weighted by molar-refractivity contribution is -0.142. The van der Waals surface area contributed by atoms with Gasteiger partial charge in [0.15, 0.2) is 0 Å². The van der Waals surface area contributed by atoms with Gasteiger partial charge in [-0.15, -0.1) is 0 Å². The Kier molecular flexibility index (Phi) is 3.46. The molecule has 2 fully saturated rings. The fourth-order valence-corrected chi connectivity index (χ4v) is 5.36. The highest BCUT2D eigenvalue weighted by molar-refractivity contribution is 9.10. The minimum absolute atomic E-state index is 0.0223. The maximum absolute atomic E-state index is 11.7. The molecule has 0 amide bonds. The highest BCUT2D eigenvalue weighted by Crippen LogP contribution is 2.68. The van der Waals surface area contributed by atoms with Crippen molar-refractivity contribution >= 4 is 15.9 Å². The van der Waals surface area contributed by atoms with Crippen LogP contribution in [-0.2, 0) is 6.42 Å². The van der Waals surface area contributed by atoms with E-state index in [4.69, 9.17) is 4.74 Å². The molecule has 0 radical (unpaired) electrons. The second kappa shape index (κ2) is 4.73. The van der Waals surface area contributed by atoms with Gasteiger partial charge in [0.05, 0.1) is 12.7 Å². The van der Waals surface area contributed by atoms with Gasteiger partial charge in [-0.1, -0.05) is 36.7 Å². The molecule has 2 saturated carbocycles. The SMILES string of the molecule is COc1ccc(Br)cc1CC1(O)C2(C)CCC(C2)C1(C)C. The van der Waals surface area contributed by atoms with Crippen LogP contribution in [0.25, 0.3) is 0 Å². The van der Waals surface area contributed by atoms with Crippen LogP contribution in [-0.4, -0.2) is 17.8 Å². The zero-order valence-electron chi connectivity index (χ0n) is 13.4. The van der Waals surface area contributed by atoms with Crippen molar-refractivity contribution in [2.75, 3.05) is 7.11 Å². The van der Waals surface area contributed by atoms with E-state index in [0.717, 1.165) is 28.6 Å². The molecule has 3 heteroatoms. The summed E-state index contributed by atoms with van der Waals surface area (Å²) in [6.45, 7) is 6.76. The summed E-state index contributed by atoms with van der Waals surface area (Å²) in [6.07, 6.45) is 4.19. The lowest BCUT2D eigenvalue weighted by Gasteiger charge is -2.51. The number of ether oxygens (including phenoxy) is 1. The highest BCUT2D eigenvalue weighted by atomic mass is 79.9. The molecular formula is C18H25BrO2. The summed E-state index contributed by atoms with van der Waals surface area (Å²) in [7, 11) is 1.70. The molecule has 3 atom stereocenters. The maximum Gasteiger partial charge on any atom is 0.122 e. The lowest BCUT2D eigenvalue weighted by Crippen LogP contribution is -2.55. The molecule has 3 unspecified atom stereocenters. The smallest absolute Gasteiger partial charge is 0.122 e. The first-order valence-electron chi connectivity index (χ1n) is 7.78. The van der Waals surface area contributed by atoms with Crippen molar-refractivity contribution in [2.45, 2.75) is 52.1 Å². The first kappa shape index (κ1) is 15.4. The summed E-state index contributed by atoms with van der Waals surface area (Å²) in [5, 5.41) is 11.7. The zero-order chi connectivity index (χ0) is 15.5. The Balaban J connectivity index is 2.02. The molecule has 0 aliphatic heterocycles. The molecule has 2 bridgehead atoms. The fourth-order valence-electron chi connectivity index (χ4n) is 4.95. The van der Waals surface area contributed by atoms with E-state index in [1.54, 1.807) is 7.11 Å². The maximum atomic E-state index is 11.7. The quantitative estimate of drug-likeness (QED) is 0.862. The zero-order valence-corrected chi connectivity index (χ0v) is 15.0. The van der Waals surface area contributed by atoms with Gasteiger partial charge in [-0.05, 0) is 59.8 Å². The van der Waals surface area contributed by atoms with Crippen molar-refractivity contribution in [2.24, 2.45) is 16.7 Å². The van der Waals surface area contributed by atoms with Crippen molar-refractivity contribution in [3.63, 3.8) is 0 Å². The van der Waals surface area contributed by atoms with Crippen LogP contribution in [0.1, 0.15) is 45.6 Å². The van der Waals surface area contributed by atoms with Crippen molar-refractivity contribution < 1.29 is 9.84 Å². The molecule has 116 valence electrons. The molecule has 3 rings (SSSR count). The van der Waals surface area contributed by atoms with Crippen LogP contribution in [0.5, 0.6) is 5.75 Å². The Morgan fingerprint density at radius 1 is 1.33 bits per heavy atom. The summed E-state index contributed by atoms with van der Waals surface area (Å²) in [5.74, 6) is 1.50. The fraction of sp³-hybridized carbons (Fsp3) is 0.667. The number of rotatable bonds is 3. The summed E-state index contributed by atoms with van der Waals surface area (Å²) in [6, 6.07) is 6.05. The number of halogens is 1. The van der Waals surface area contributed by atoms with Crippen LogP contribution in [0.3, 0.4) is 0 Å². The molecule has 1 aromatic carbocycles. The predicted octanol–water partition coefficient (Wildman–Crippen LogP) is 4.58. The topological polar surface area (TPSA) is 29.5 Å². The van der Waals surface area contributed by atoms with Gasteiger partial charge < -0.3 is 9.84 Å². The third-order valence-electron chi connectivity index (χ3n) is 6.52. The molecular weight excluding hydrogens is 328 g/mol. The summed E-state index contributed by atoms with van der Waals surface area (Å²) in [4.78, 5) is 0. The van der Waals surface area contributed by atoms with Crippen LogP contribution in [0, 0.1) is 16.7 Å². The van der Waals surface area contributed by atoms with Crippen molar-refractivity contribution in [3.05, 3.63) is 28.2 Å². The molecule has 0 saturated heterocycles. The molecule has 0 spiro atoms. The van der Waals surface area contributed by atoms with Crippen molar-refractivity contribution in [3.8, 4) is 5.75 Å². The second-order valence-electron chi connectivity index (χ2n) is 7.72. The number of fused-ring (bicyclic) bond motifs is 2. The van der Waals surface area contributed by atoms with Gasteiger partial charge in [-0.3, -0.25) is 0 Å². The van der Waals surface area contributed by atoms with Crippen molar-refractivity contribution in [1.29, 1.82) is 0 Å². The van der Waals surface area contributed by atoms with Gasteiger partial charge in [0, 0.05) is 10.9 Å². The van der Waals surface area contributed by atoms with E-state index < -0.39 is 5.60 Å².